The van der Waals surface area contributed by atoms with Crippen LogP contribution in [0.5, 0.6) is 0 Å². The summed E-state index contributed by atoms with van der Waals surface area (Å²) in [5.41, 5.74) is 0.707. The Kier molecular flexibility index (Phi) is 6.99. The van der Waals surface area contributed by atoms with Crippen LogP contribution in [0.4, 0.5) is 8.78 Å². The van der Waals surface area contributed by atoms with Gasteiger partial charge < -0.3 is 0 Å². The van der Waals surface area contributed by atoms with Crippen molar-refractivity contribution in [3.05, 3.63) is 12.2 Å². The van der Waals surface area contributed by atoms with Crippen molar-refractivity contribution in [3.63, 3.8) is 0 Å². The first-order valence-corrected chi connectivity index (χ1v) is 7.70. The molecule has 0 aliphatic heterocycles. The van der Waals surface area contributed by atoms with Gasteiger partial charge >= 0.3 is 0 Å². The van der Waals surface area contributed by atoms with Gasteiger partial charge in [0.05, 0.1) is 0 Å². The SMILES string of the molecule is C=C(CCC(F)(F)CS(=O)(=O)O)CC(CC)CC. The van der Waals surface area contributed by atoms with Crippen molar-refractivity contribution in [1.29, 1.82) is 0 Å². The van der Waals surface area contributed by atoms with Gasteiger partial charge in [0.2, 0.25) is 0 Å². The summed E-state index contributed by atoms with van der Waals surface area (Å²) in [6.45, 7) is 7.82. The van der Waals surface area contributed by atoms with Crippen molar-refractivity contribution < 1.29 is 21.8 Å². The Labute approximate surface area is 108 Å². The number of allylic oxidation sites excluding steroid dienone is 1. The molecule has 0 atom stereocenters. The molecule has 0 bridgehead atoms. The standard InChI is InChI=1S/C12H22F2O3S/c1-4-11(5-2)8-10(3)6-7-12(13,14)9-18(15,16)17/h11H,3-9H2,1-2H3,(H,15,16,17). The smallest absolute Gasteiger partial charge is 0.270 e. The Morgan fingerprint density at radius 1 is 1.33 bits per heavy atom. The van der Waals surface area contributed by atoms with Gasteiger partial charge in [0.15, 0.2) is 0 Å². The number of hydrogen-bond acceptors (Lipinski definition) is 2. The average Bonchev–Trinajstić information content (AvgIpc) is 2.20. The fourth-order valence-electron chi connectivity index (χ4n) is 1.79. The maximum absolute atomic E-state index is 13.2. The Morgan fingerprint density at radius 2 is 1.83 bits per heavy atom. The minimum absolute atomic E-state index is 0.0824. The maximum Gasteiger partial charge on any atom is 0.270 e. The molecule has 0 radical (unpaired) electrons. The highest BCUT2D eigenvalue weighted by Crippen LogP contribution is 2.27. The van der Waals surface area contributed by atoms with Gasteiger partial charge in [-0.15, -0.1) is 0 Å². The van der Waals surface area contributed by atoms with Crippen LogP contribution in [-0.4, -0.2) is 24.6 Å². The largest absolute Gasteiger partial charge is 0.285 e. The van der Waals surface area contributed by atoms with Gasteiger partial charge in [0.1, 0.15) is 5.75 Å². The minimum atomic E-state index is -4.64. The number of alkyl halides is 2. The zero-order valence-electron chi connectivity index (χ0n) is 11.0. The van der Waals surface area contributed by atoms with Crippen LogP contribution in [0.15, 0.2) is 12.2 Å². The quantitative estimate of drug-likeness (QED) is 0.519. The summed E-state index contributed by atoms with van der Waals surface area (Å²) in [6, 6.07) is 0. The van der Waals surface area contributed by atoms with E-state index in [0.717, 1.165) is 12.8 Å². The molecule has 0 rings (SSSR count). The molecule has 3 nitrogen and oxygen atoms in total. The van der Waals surface area contributed by atoms with E-state index >= 15 is 0 Å². The molecular weight excluding hydrogens is 262 g/mol. The molecule has 0 amide bonds. The van der Waals surface area contributed by atoms with Crippen LogP contribution in [0, 0.1) is 5.92 Å². The van der Waals surface area contributed by atoms with Gasteiger partial charge in [0, 0.05) is 6.42 Å². The molecule has 1 N–H and O–H groups in total. The van der Waals surface area contributed by atoms with Crippen molar-refractivity contribution in [1.82, 2.24) is 0 Å². The summed E-state index contributed by atoms with van der Waals surface area (Å²) in [5, 5.41) is 0. The summed E-state index contributed by atoms with van der Waals surface area (Å²) in [5.74, 6) is -4.48. The van der Waals surface area contributed by atoms with Gasteiger partial charge in [-0.05, 0) is 18.8 Å². The highest BCUT2D eigenvalue weighted by atomic mass is 32.2. The predicted octanol–water partition coefficient (Wildman–Crippen LogP) is 3.67. The number of halogens is 2. The molecule has 6 heteroatoms. The predicted molar refractivity (Wildman–Crippen MR) is 68.4 cm³/mol. The molecule has 0 fully saturated rings. The Hall–Kier alpha value is -0.490. The zero-order chi connectivity index (χ0) is 14.4. The Bertz CT molecular complexity index is 360. The van der Waals surface area contributed by atoms with E-state index in [2.05, 4.69) is 6.58 Å². The summed E-state index contributed by atoms with van der Waals surface area (Å²) >= 11 is 0. The summed E-state index contributed by atoms with van der Waals surface area (Å²) in [6.07, 6.45) is 2.12. The fraction of sp³-hybridized carbons (Fsp3) is 0.833. The van der Waals surface area contributed by atoms with Crippen LogP contribution >= 0.6 is 0 Å². The number of hydrogen-bond donors (Lipinski definition) is 1. The highest BCUT2D eigenvalue weighted by Gasteiger charge is 2.34. The van der Waals surface area contributed by atoms with Crippen LogP contribution in [0.3, 0.4) is 0 Å². The van der Waals surface area contributed by atoms with E-state index in [9.17, 15) is 17.2 Å². The molecule has 0 saturated heterocycles. The van der Waals surface area contributed by atoms with Crippen molar-refractivity contribution in [2.45, 2.75) is 51.9 Å². The van der Waals surface area contributed by atoms with E-state index < -0.39 is 28.2 Å². The van der Waals surface area contributed by atoms with Crippen LogP contribution < -0.4 is 0 Å². The zero-order valence-corrected chi connectivity index (χ0v) is 11.8. The van der Waals surface area contributed by atoms with Crippen LogP contribution in [0.2, 0.25) is 0 Å². The summed E-state index contributed by atoms with van der Waals surface area (Å²) < 4.78 is 55.6. The van der Waals surface area contributed by atoms with Crippen molar-refractivity contribution in [2.24, 2.45) is 5.92 Å². The van der Waals surface area contributed by atoms with Gasteiger partial charge in [-0.3, -0.25) is 4.55 Å². The van der Waals surface area contributed by atoms with E-state index in [1.54, 1.807) is 0 Å². The third-order valence-electron chi connectivity index (χ3n) is 2.97. The third kappa shape index (κ3) is 8.58. The lowest BCUT2D eigenvalue weighted by Gasteiger charge is -2.17. The Morgan fingerprint density at radius 3 is 2.22 bits per heavy atom. The fourth-order valence-corrected chi connectivity index (χ4v) is 2.46. The minimum Gasteiger partial charge on any atom is -0.285 e. The average molecular weight is 284 g/mol. The van der Waals surface area contributed by atoms with Crippen molar-refractivity contribution >= 4 is 10.1 Å². The molecular formula is C12H22F2O3S. The normalized spacial score (nSPS) is 13.0. The third-order valence-corrected chi connectivity index (χ3v) is 3.76. The van der Waals surface area contributed by atoms with Crippen LogP contribution in [0.1, 0.15) is 46.0 Å². The first kappa shape index (κ1) is 17.5. The lowest BCUT2D eigenvalue weighted by atomic mass is 9.92. The molecule has 18 heavy (non-hydrogen) atoms. The second-order valence-electron chi connectivity index (χ2n) is 4.72. The summed E-state index contributed by atoms with van der Waals surface area (Å²) in [4.78, 5) is 0. The maximum atomic E-state index is 13.2. The molecule has 108 valence electrons. The van der Waals surface area contributed by atoms with Gasteiger partial charge in [0.25, 0.3) is 16.0 Å². The van der Waals surface area contributed by atoms with Gasteiger partial charge in [-0.25, -0.2) is 8.78 Å². The number of rotatable bonds is 9. The molecule has 0 aromatic carbocycles. The second kappa shape index (κ2) is 7.19. The summed E-state index contributed by atoms with van der Waals surface area (Å²) in [7, 11) is -4.64. The first-order chi connectivity index (χ1) is 8.09. The monoisotopic (exact) mass is 284 g/mol. The van der Waals surface area contributed by atoms with Gasteiger partial charge in [-0.2, -0.15) is 8.42 Å². The van der Waals surface area contributed by atoms with Crippen molar-refractivity contribution in [3.8, 4) is 0 Å². The van der Waals surface area contributed by atoms with Crippen LogP contribution in [-0.2, 0) is 10.1 Å². The molecule has 0 heterocycles. The molecule has 0 spiro atoms. The topological polar surface area (TPSA) is 54.4 Å². The lowest BCUT2D eigenvalue weighted by Crippen LogP contribution is -2.27. The lowest BCUT2D eigenvalue weighted by molar-refractivity contribution is 0.0153. The van der Waals surface area contributed by atoms with E-state index in [1.165, 1.54) is 0 Å². The molecule has 0 aliphatic carbocycles. The molecule has 0 aromatic heterocycles. The molecule has 0 saturated carbocycles. The van der Waals surface area contributed by atoms with Gasteiger partial charge in [-0.1, -0.05) is 38.8 Å². The molecule has 0 aliphatic rings. The molecule has 0 unspecified atom stereocenters. The highest BCUT2D eigenvalue weighted by molar-refractivity contribution is 7.85. The van der Waals surface area contributed by atoms with E-state index in [-0.39, 0.29) is 6.42 Å². The van der Waals surface area contributed by atoms with E-state index in [0.29, 0.717) is 17.9 Å². The second-order valence-corrected chi connectivity index (χ2v) is 6.17. The van der Waals surface area contributed by atoms with E-state index in [1.807, 2.05) is 13.8 Å². The van der Waals surface area contributed by atoms with Crippen molar-refractivity contribution in [2.75, 3.05) is 5.75 Å². The molecule has 0 aromatic rings. The van der Waals surface area contributed by atoms with E-state index in [4.69, 9.17) is 4.55 Å². The van der Waals surface area contributed by atoms with Crippen LogP contribution in [0.25, 0.3) is 0 Å². The Balaban J connectivity index is 4.19. The first-order valence-electron chi connectivity index (χ1n) is 6.09.